The Morgan fingerprint density at radius 1 is 1.17 bits per heavy atom. The zero-order valence-electron chi connectivity index (χ0n) is 24.2. The van der Waals surface area contributed by atoms with Gasteiger partial charge in [0.2, 0.25) is 0 Å². The minimum Gasteiger partial charge on any atom is -0.395 e. The van der Waals surface area contributed by atoms with E-state index in [4.69, 9.17) is 15.5 Å². The number of hydrogen-bond acceptors (Lipinski definition) is 9. The number of aromatic amines is 1. The third-order valence-electron chi connectivity index (χ3n) is 9.26. The van der Waals surface area contributed by atoms with Gasteiger partial charge in [0, 0.05) is 30.5 Å². The summed E-state index contributed by atoms with van der Waals surface area (Å²) >= 11 is 0. The number of fused-ring (bicyclic) bond motifs is 2. The van der Waals surface area contributed by atoms with Crippen LogP contribution in [0.5, 0.6) is 0 Å². The van der Waals surface area contributed by atoms with E-state index in [0.29, 0.717) is 29.3 Å². The Bertz CT molecular complexity index is 1490. The van der Waals surface area contributed by atoms with Crippen LogP contribution in [0.25, 0.3) is 22.2 Å². The maximum absolute atomic E-state index is 9.76. The van der Waals surface area contributed by atoms with Gasteiger partial charge in [-0.15, -0.1) is 0 Å². The van der Waals surface area contributed by atoms with Crippen LogP contribution in [0.1, 0.15) is 70.5 Å². The predicted molar refractivity (Wildman–Crippen MR) is 157 cm³/mol. The van der Waals surface area contributed by atoms with Gasteiger partial charge in [-0.2, -0.15) is 0 Å². The summed E-state index contributed by atoms with van der Waals surface area (Å²) in [5.41, 5.74) is 9.45. The van der Waals surface area contributed by atoms with Gasteiger partial charge in [-0.05, 0) is 69.6 Å². The number of aliphatic hydroxyl groups excluding tert-OH is 2. The summed E-state index contributed by atoms with van der Waals surface area (Å²) in [5, 5.41) is 19.5. The fourth-order valence-electron chi connectivity index (χ4n) is 6.46. The van der Waals surface area contributed by atoms with Crippen LogP contribution in [0, 0.1) is 5.92 Å². The van der Waals surface area contributed by atoms with Crippen LogP contribution in [-0.2, 0) is 16.6 Å². The highest BCUT2D eigenvalue weighted by Crippen LogP contribution is 2.38. The molecule has 5 N–H and O–H groups in total. The molecule has 2 aliphatic rings. The summed E-state index contributed by atoms with van der Waals surface area (Å²) in [6.45, 7) is 7.15. The molecule has 1 aliphatic heterocycles. The van der Waals surface area contributed by atoms with Crippen molar-refractivity contribution in [2.24, 2.45) is 5.92 Å². The van der Waals surface area contributed by atoms with Crippen molar-refractivity contribution in [3.63, 3.8) is 0 Å². The normalized spacial score (nSPS) is 23.3. The summed E-state index contributed by atoms with van der Waals surface area (Å²) < 4.78 is 8.49. The van der Waals surface area contributed by atoms with E-state index in [1.807, 2.05) is 29.7 Å². The average molecular weight is 563 g/mol. The Hall–Kier alpha value is -3.12. The first-order valence-electron chi connectivity index (χ1n) is 14.8. The van der Waals surface area contributed by atoms with Gasteiger partial charge >= 0.3 is 0 Å². The number of H-pyrrole nitrogens is 1. The van der Waals surface area contributed by atoms with Gasteiger partial charge in [-0.1, -0.05) is 13.0 Å². The number of aromatic nitrogens is 6. The van der Waals surface area contributed by atoms with Gasteiger partial charge in [0.05, 0.1) is 36.7 Å². The van der Waals surface area contributed by atoms with Crippen molar-refractivity contribution in [2.75, 3.05) is 25.5 Å². The molecule has 0 spiro atoms. The first-order chi connectivity index (χ1) is 19.8. The van der Waals surface area contributed by atoms with Crippen molar-refractivity contribution in [3.05, 3.63) is 42.2 Å². The summed E-state index contributed by atoms with van der Waals surface area (Å²) in [6, 6.07) is 6.97. The van der Waals surface area contributed by atoms with Crippen LogP contribution >= 0.6 is 0 Å². The molecule has 6 rings (SSSR count). The second-order valence-corrected chi connectivity index (χ2v) is 12.5. The van der Waals surface area contributed by atoms with Crippen molar-refractivity contribution in [1.82, 2.24) is 34.4 Å². The Balaban J connectivity index is 1.01. The second kappa shape index (κ2) is 11.3. The maximum Gasteiger partial charge on any atom is 0.167 e. The number of nitrogens with zero attached hydrogens (tertiary/aromatic N) is 6. The van der Waals surface area contributed by atoms with Gasteiger partial charge in [-0.25, -0.2) is 19.9 Å². The molecule has 4 heterocycles. The highest BCUT2D eigenvalue weighted by atomic mass is 16.5. The lowest BCUT2D eigenvalue weighted by Gasteiger charge is -2.46. The molecule has 2 fully saturated rings. The molecular weight excluding hydrogens is 520 g/mol. The predicted octanol–water partition coefficient (Wildman–Crippen LogP) is 3.33. The van der Waals surface area contributed by atoms with Crippen LogP contribution in [0.4, 0.5) is 5.82 Å². The monoisotopic (exact) mass is 562 g/mol. The van der Waals surface area contributed by atoms with Crippen molar-refractivity contribution in [2.45, 2.75) is 89.1 Å². The number of nitrogen functional groups attached to an aromatic ring is 1. The highest BCUT2D eigenvalue weighted by Gasteiger charge is 2.37. The van der Waals surface area contributed by atoms with Crippen molar-refractivity contribution in [3.8, 4) is 0 Å². The maximum atomic E-state index is 9.76. The van der Waals surface area contributed by atoms with E-state index >= 15 is 0 Å². The average Bonchev–Trinajstić information content (AvgIpc) is 3.68. The summed E-state index contributed by atoms with van der Waals surface area (Å²) in [7, 11) is 0. The third-order valence-corrected chi connectivity index (χ3v) is 9.26. The number of rotatable bonds is 11. The van der Waals surface area contributed by atoms with Crippen molar-refractivity contribution >= 4 is 28.0 Å². The number of nitrogens with one attached hydrogen (secondary N) is 1. The molecule has 2 atom stereocenters. The van der Waals surface area contributed by atoms with E-state index in [0.717, 1.165) is 60.3 Å². The Morgan fingerprint density at radius 3 is 2.73 bits per heavy atom. The lowest BCUT2D eigenvalue weighted by Crippen LogP contribution is -2.50. The smallest absolute Gasteiger partial charge is 0.167 e. The number of nitrogens with two attached hydrogens (primary N) is 1. The summed E-state index contributed by atoms with van der Waals surface area (Å²) in [6.07, 6.45) is 9.71. The van der Waals surface area contributed by atoms with E-state index in [1.165, 1.54) is 19.2 Å². The van der Waals surface area contributed by atoms with E-state index in [2.05, 4.69) is 38.7 Å². The van der Waals surface area contributed by atoms with E-state index in [1.54, 1.807) is 6.33 Å². The van der Waals surface area contributed by atoms with Gasteiger partial charge in [-0.3, -0.25) is 9.47 Å². The molecule has 0 bridgehead atoms. The molecule has 1 saturated carbocycles. The third kappa shape index (κ3) is 5.43. The van der Waals surface area contributed by atoms with Crippen LogP contribution in [-0.4, -0.2) is 82.5 Å². The highest BCUT2D eigenvalue weighted by molar-refractivity contribution is 5.81. The van der Waals surface area contributed by atoms with E-state index < -0.39 is 5.41 Å². The number of aliphatic hydroxyl groups is 2. The van der Waals surface area contributed by atoms with Gasteiger partial charge in [0.1, 0.15) is 23.9 Å². The SMILES string of the molecule is CC(C)N(CC1CCC(n2cnc3c(N)ncnc32)O1)C1CC(CCc2nc3ccc(C(C)(CO)CO)cc3[nH]2)C1. The first kappa shape index (κ1) is 28.0. The number of ether oxygens (including phenoxy) is 1. The molecule has 1 aliphatic carbocycles. The lowest BCUT2D eigenvalue weighted by molar-refractivity contribution is -0.0393. The fraction of sp³-hybridized carbons (Fsp3) is 0.600. The number of imidazole rings is 2. The molecule has 11 nitrogen and oxygen atoms in total. The molecule has 0 radical (unpaired) electrons. The molecule has 41 heavy (non-hydrogen) atoms. The lowest BCUT2D eigenvalue weighted by atomic mass is 9.76. The Labute approximate surface area is 240 Å². The van der Waals surface area contributed by atoms with Gasteiger partial charge in [0.25, 0.3) is 0 Å². The standard InChI is InChI=1S/C30H42N8O3/c1-18(2)37(13-22-6-9-26(41-22)38-17-34-27-28(31)32-16-33-29(27)38)21-10-19(11-21)4-8-25-35-23-7-5-20(12-24(23)36-25)30(3,14-39)15-40/h5,7,12,16-19,21-22,26,39-40H,4,6,8-11,13-15H2,1-3H3,(H,35,36)(H2,31,32,33). The number of aryl methyl sites for hydroxylation is 1. The minimum atomic E-state index is -0.662. The molecule has 2 unspecified atom stereocenters. The van der Waals surface area contributed by atoms with E-state index in [-0.39, 0.29) is 25.5 Å². The number of benzene rings is 1. The molecule has 1 aromatic carbocycles. The molecule has 4 aromatic rings. The van der Waals surface area contributed by atoms with Gasteiger partial charge in [0.15, 0.2) is 11.5 Å². The Kier molecular flexibility index (Phi) is 7.71. The zero-order chi connectivity index (χ0) is 28.7. The Morgan fingerprint density at radius 2 is 1.98 bits per heavy atom. The molecule has 3 aromatic heterocycles. The largest absolute Gasteiger partial charge is 0.395 e. The minimum absolute atomic E-state index is 0.0802. The topological polar surface area (TPSA) is 151 Å². The van der Waals surface area contributed by atoms with Crippen LogP contribution < -0.4 is 5.73 Å². The molecule has 11 heteroatoms. The summed E-state index contributed by atoms with van der Waals surface area (Å²) in [5.74, 6) is 2.09. The first-order valence-corrected chi connectivity index (χ1v) is 14.8. The molecular formula is C30H42N8O3. The fourth-order valence-corrected chi connectivity index (χ4v) is 6.46. The zero-order valence-corrected chi connectivity index (χ0v) is 24.2. The van der Waals surface area contributed by atoms with Crippen molar-refractivity contribution in [1.29, 1.82) is 0 Å². The molecule has 1 saturated heterocycles. The number of hydrogen-bond donors (Lipinski definition) is 4. The van der Waals surface area contributed by atoms with Crippen molar-refractivity contribution < 1.29 is 14.9 Å². The van der Waals surface area contributed by atoms with Crippen LogP contribution in [0.3, 0.4) is 0 Å². The molecule has 0 amide bonds. The van der Waals surface area contributed by atoms with Crippen LogP contribution in [0.2, 0.25) is 0 Å². The quantitative estimate of drug-likeness (QED) is 0.216. The molecule has 220 valence electrons. The van der Waals surface area contributed by atoms with Gasteiger partial charge < -0.3 is 25.7 Å². The van der Waals surface area contributed by atoms with E-state index in [9.17, 15) is 10.2 Å². The number of anilines is 1. The summed E-state index contributed by atoms with van der Waals surface area (Å²) in [4.78, 5) is 23.7. The van der Waals surface area contributed by atoms with Crippen LogP contribution in [0.15, 0.2) is 30.9 Å². The second-order valence-electron chi connectivity index (χ2n) is 12.5.